The minimum Gasteiger partial charge on any atom is -0.340 e. The van der Waals surface area contributed by atoms with E-state index in [1.54, 1.807) is 12.1 Å². The molecule has 4 nitrogen and oxygen atoms in total. The second-order valence-electron chi connectivity index (χ2n) is 4.96. The number of nitrogens with zero attached hydrogens (tertiary/aromatic N) is 2. The summed E-state index contributed by atoms with van der Waals surface area (Å²) in [4.78, 5) is 3.97. The molecule has 1 fully saturated rings. The maximum atomic E-state index is 13.1. The zero-order chi connectivity index (χ0) is 13.1. The predicted molar refractivity (Wildman–Crippen MR) is 68.2 cm³/mol. The quantitative estimate of drug-likeness (QED) is 0.897. The summed E-state index contributed by atoms with van der Waals surface area (Å²) >= 11 is 0. The van der Waals surface area contributed by atoms with Crippen molar-refractivity contribution in [3.05, 3.63) is 47.9 Å². The van der Waals surface area contributed by atoms with Gasteiger partial charge in [-0.25, -0.2) is 4.39 Å². The first-order valence-corrected chi connectivity index (χ1v) is 6.55. The van der Waals surface area contributed by atoms with E-state index in [-0.39, 0.29) is 5.82 Å². The summed E-state index contributed by atoms with van der Waals surface area (Å²) in [5, 5.41) is 7.01. The molecule has 1 aromatic carbocycles. The molecule has 0 amide bonds. The Kier molecular flexibility index (Phi) is 3.55. The Morgan fingerprint density at radius 1 is 1.37 bits per heavy atom. The zero-order valence-corrected chi connectivity index (χ0v) is 10.6. The van der Waals surface area contributed by atoms with Crippen molar-refractivity contribution in [2.45, 2.75) is 31.2 Å². The number of benzene rings is 1. The summed E-state index contributed by atoms with van der Waals surface area (Å²) < 4.78 is 18.0. The van der Waals surface area contributed by atoms with Gasteiger partial charge in [-0.2, -0.15) is 4.98 Å². The van der Waals surface area contributed by atoms with E-state index in [1.807, 2.05) is 6.07 Å². The van der Waals surface area contributed by atoms with Crippen molar-refractivity contribution in [2.75, 3.05) is 6.54 Å². The Morgan fingerprint density at radius 2 is 2.26 bits per heavy atom. The molecule has 0 bridgehead atoms. The Hall–Kier alpha value is -1.75. The number of hydrogen-bond acceptors (Lipinski definition) is 4. The number of rotatable bonds is 5. The van der Waals surface area contributed by atoms with E-state index >= 15 is 0 Å². The first kappa shape index (κ1) is 12.3. The predicted octanol–water partition coefficient (Wildman–Crippen LogP) is 2.29. The van der Waals surface area contributed by atoms with E-state index in [0.29, 0.717) is 17.9 Å². The highest BCUT2D eigenvalue weighted by Crippen LogP contribution is 2.36. The molecular formula is C14H16FN3O. The van der Waals surface area contributed by atoms with Gasteiger partial charge in [-0.05, 0) is 36.5 Å². The number of hydrogen-bond donors (Lipinski definition) is 1. The van der Waals surface area contributed by atoms with Gasteiger partial charge >= 0.3 is 0 Å². The van der Waals surface area contributed by atoms with Crippen LogP contribution in [-0.2, 0) is 6.42 Å². The Balaban J connectivity index is 1.41. The second kappa shape index (κ2) is 5.48. The molecule has 0 spiro atoms. The van der Waals surface area contributed by atoms with Crippen LogP contribution in [-0.4, -0.2) is 22.7 Å². The molecule has 1 aromatic heterocycles. The molecule has 2 aromatic rings. The van der Waals surface area contributed by atoms with Crippen LogP contribution in [0.2, 0.25) is 0 Å². The first-order chi connectivity index (χ1) is 9.31. The molecule has 0 saturated heterocycles. The molecule has 19 heavy (non-hydrogen) atoms. The highest BCUT2D eigenvalue weighted by Gasteiger charge is 2.29. The van der Waals surface area contributed by atoms with Crippen LogP contribution in [0.25, 0.3) is 0 Å². The van der Waals surface area contributed by atoms with Crippen LogP contribution in [0.4, 0.5) is 4.39 Å². The summed E-state index contributed by atoms with van der Waals surface area (Å²) in [6.07, 6.45) is 4.29. The van der Waals surface area contributed by atoms with E-state index in [0.717, 1.165) is 31.4 Å². The van der Waals surface area contributed by atoms with Gasteiger partial charge in [0.1, 0.15) is 5.82 Å². The fraction of sp³-hybridized carbons (Fsp3) is 0.429. The molecule has 1 aliphatic rings. The van der Waals surface area contributed by atoms with Gasteiger partial charge in [0.15, 0.2) is 6.33 Å². The molecule has 1 saturated carbocycles. The molecule has 100 valence electrons. The maximum Gasteiger partial charge on any atom is 0.227 e. The number of aromatic nitrogens is 2. The fourth-order valence-corrected chi connectivity index (χ4v) is 2.51. The smallest absolute Gasteiger partial charge is 0.227 e. The third-order valence-electron chi connectivity index (χ3n) is 3.64. The highest BCUT2D eigenvalue weighted by atomic mass is 19.1. The third-order valence-corrected chi connectivity index (χ3v) is 3.64. The average Bonchev–Trinajstić information content (AvgIpc) is 2.85. The standard InChI is InChI=1S/C14H16FN3O/c15-12-3-1-2-10(6-12)11-7-13(8-11)16-5-4-14-17-9-18-19-14/h1-3,6,9,11,13,16H,4-5,7-8H2. The zero-order valence-electron chi connectivity index (χ0n) is 10.6. The topological polar surface area (TPSA) is 51.0 Å². The van der Waals surface area contributed by atoms with Gasteiger partial charge in [0.25, 0.3) is 0 Å². The van der Waals surface area contributed by atoms with Gasteiger partial charge in [-0.3, -0.25) is 0 Å². The van der Waals surface area contributed by atoms with E-state index in [9.17, 15) is 4.39 Å². The summed E-state index contributed by atoms with van der Waals surface area (Å²) in [5.74, 6) is 0.996. The van der Waals surface area contributed by atoms with Gasteiger partial charge in [-0.15, -0.1) is 0 Å². The molecule has 0 unspecified atom stereocenters. The van der Waals surface area contributed by atoms with Gasteiger partial charge in [0, 0.05) is 19.0 Å². The van der Waals surface area contributed by atoms with Crippen molar-refractivity contribution in [2.24, 2.45) is 0 Å². The first-order valence-electron chi connectivity index (χ1n) is 6.55. The lowest BCUT2D eigenvalue weighted by atomic mass is 9.76. The summed E-state index contributed by atoms with van der Waals surface area (Å²) in [5.41, 5.74) is 1.11. The van der Waals surface area contributed by atoms with Crippen molar-refractivity contribution in [3.8, 4) is 0 Å². The third kappa shape index (κ3) is 2.98. The van der Waals surface area contributed by atoms with Crippen LogP contribution in [0, 0.1) is 5.82 Å². The van der Waals surface area contributed by atoms with Crippen molar-refractivity contribution in [1.29, 1.82) is 0 Å². The summed E-state index contributed by atoms with van der Waals surface area (Å²) in [6.45, 7) is 0.836. The van der Waals surface area contributed by atoms with Gasteiger partial charge in [0.05, 0.1) is 0 Å². The molecule has 0 radical (unpaired) electrons. The largest absolute Gasteiger partial charge is 0.340 e. The normalized spacial score (nSPS) is 22.2. The van der Waals surface area contributed by atoms with Crippen molar-refractivity contribution in [3.63, 3.8) is 0 Å². The van der Waals surface area contributed by atoms with Crippen LogP contribution in [0.5, 0.6) is 0 Å². The van der Waals surface area contributed by atoms with Crippen LogP contribution in [0.15, 0.2) is 35.1 Å². The van der Waals surface area contributed by atoms with Gasteiger partial charge in [-0.1, -0.05) is 17.3 Å². The minimum absolute atomic E-state index is 0.148. The van der Waals surface area contributed by atoms with Crippen LogP contribution >= 0.6 is 0 Å². The van der Waals surface area contributed by atoms with Crippen LogP contribution in [0.1, 0.15) is 30.2 Å². The summed E-state index contributed by atoms with van der Waals surface area (Å²) in [7, 11) is 0. The molecule has 0 aliphatic heterocycles. The SMILES string of the molecule is Fc1cccc(C2CC(NCCc3ncno3)C2)c1. The Labute approximate surface area is 111 Å². The van der Waals surface area contributed by atoms with E-state index in [1.165, 1.54) is 12.4 Å². The number of halogens is 1. The molecule has 0 atom stereocenters. The molecule has 1 N–H and O–H groups in total. The molecule has 5 heteroatoms. The van der Waals surface area contributed by atoms with Crippen molar-refractivity contribution >= 4 is 0 Å². The van der Waals surface area contributed by atoms with Crippen LogP contribution < -0.4 is 5.32 Å². The monoisotopic (exact) mass is 261 g/mol. The van der Waals surface area contributed by atoms with Gasteiger partial charge in [0.2, 0.25) is 5.89 Å². The van der Waals surface area contributed by atoms with E-state index < -0.39 is 0 Å². The average molecular weight is 261 g/mol. The lowest BCUT2D eigenvalue weighted by molar-refractivity contribution is 0.286. The summed E-state index contributed by atoms with van der Waals surface area (Å²) in [6, 6.07) is 7.42. The number of nitrogens with one attached hydrogen (secondary N) is 1. The Morgan fingerprint density at radius 3 is 3.00 bits per heavy atom. The second-order valence-corrected chi connectivity index (χ2v) is 4.96. The maximum absolute atomic E-state index is 13.1. The van der Waals surface area contributed by atoms with E-state index in [2.05, 4.69) is 15.5 Å². The lowest BCUT2D eigenvalue weighted by Crippen LogP contribution is -2.41. The molecule has 1 heterocycles. The highest BCUT2D eigenvalue weighted by molar-refractivity contribution is 5.23. The van der Waals surface area contributed by atoms with Crippen molar-refractivity contribution in [1.82, 2.24) is 15.5 Å². The van der Waals surface area contributed by atoms with Gasteiger partial charge < -0.3 is 9.84 Å². The lowest BCUT2D eigenvalue weighted by Gasteiger charge is -2.36. The van der Waals surface area contributed by atoms with Crippen LogP contribution in [0.3, 0.4) is 0 Å². The minimum atomic E-state index is -0.148. The van der Waals surface area contributed by atoms with E-state index in [4.69, 9.17) is 4.52 Å². The Bertz CT molecular complexity index is 523. The molecular weight excluding hydrogens is 245 g/mol. The van der Waals surface area contributed by atoms with Crippen molar-refractivity contribution < 1.29 is 8.91 Å². The molecule has 3 rings (SSSR count). The fourth-order valence-electron chi connectivity index (χ4n) is 2.51. The molecule has 1 aliphatic carbocycles.